The van der Waals surface area contributed by atoms with Crippen LogP contribution >= 0.6 is 0 Å². The fourth-order valence-electron chi connectivity index (χ4n) is 3.19. The van der Waals surface area contributed by atoms with E-state index in [-0.39, 0.29) is 10.8 Å². The molecule has 0 spiro atoms. The van der Waals surface area contributed by atoms with Crippen molar-refractivity contribution in [1.82, 2.24) is 9.40 Å². The maximum Gasteiger partial charge on any atom is 0.271 e. The van der Waals surface area contributed by atoms with Gasteiger partial charge in [0.2, 0.25) is 0 Å². The number of benzene rings is 3. The summed E-state index contributed by atoms with van der Waals surface area (Å²) in [6.07, 6.45) is 1.54. The van der Waals surface area contributed by atoms with E-state index in [0.717, 1.165) is 5.39 Å². The van der Waals surface area contributed by atoms with Gasteiger partial charge in [-0.15, -0.1) is 0 Å². The van der Waals surface area contributed by atoms with Gasteiger partial charge in [0.05, 0.1) is 16.1 Å². The smallest absolute Gasteiger partial charge is 0.267 e. The number of carbonyl (C=O) groups excluding carboxylic acids is 1. The van der Waals surface area contributed by atoms with E-state index in [9.17, 15) is 13.2 Å². The Hall–Kier alpha value is -3.71. The van der Waals surface area contributed by atoms with E-state index in [1.807, 2.05) is 18.2 Å². The molecule has 0 saturated heterocycles. The number of para-hydroxylation sites is 1. The van der Waals surface area contributed by atoms with E-state index in [0.29, 0.717) is 22.4 Å². The number of fused-ring (bicyclic) bond motifs is 1. The third-order valence-electron chi connectivity index (χ3n) is 4.73. The molecule has 0 aliphatic heterocycles. The van der Waals surface area contributed by atoms with Crippen molar-refractivity contribution < 1.29 is 13.2 Å². The van der Waals surface area contributed by atoms with Gasteiger partial charge in [-0.1, -0.05) is 54.6 Å². The predicted octanol–water partition coefficient (Wildman–Crippen LogP) is 4.03. The summed E-state index contributed by atoms with van der Waals surface area (Å²) in [5.41, 5.74) is 4.68. The zero-order valence-electron chi connectivity index (χ0n) is 16.2. The van der Waals surface area contributed by atoms with Crippen molar-refractivity contribution in [2.45, 2.75) is 11.8 Å². The van der Waals surface area contributed by atoms with E-state index in [1.165, 1.54) is 3.97 Å². The molecule has 30 heavy (non-hydrogen) atoms. The third kappa shape index (κ3) is 3.62. The molecular formula is C23H19N3O3S. The van der Waals surface area contributed by atoms with E-state index in [2.05, 4.69) is 10.5 Å². The summed E-state index contributed by atoms with van der Waals surface area (Å²) in [6, 6.07) is 24.2. The second-order valence-corrected chi connectivity index (χ2v) is 8.49. The Bertz CT molecular complexity index is 1340. The van der Waals surface area contributed by atoms with Gasteiger partial charge in [-0.25, -0.2) is 17.8 Å². The number of hydrogen-bond acceptors (Lipinski definition) is 4. The van der Waals surface area contributed by atoms with Gasteiger partial charge in [0, 0.05) is 22.7 Å². The molecule has 1 N–H and O–H groups in total. The number of nitrogens with zero attached hydrogens (tertiary/aromatic N) is 2. The van der Waals surface area contributed by atoms with Crippen molar-refractivity contribution in [3.05, 3.63) is 102 Å². The predicted molar refractivity (Wildman–Crippen MR) is 117 cm³/mol. The highest BCUT2D eigenvalue weighted by Crippen LogP contribution is 2.26. The Morgan fingerprint density at radius 2 is 1.47 bits per heavy atom. The summed E-state index contributed by atoms with van der Waals surface area (Å²) < 4.78 is 27.6. The van der Waals surface area contributed by atoms with Gasteiger partial charge < -0.3 is 0 Å². The van der Waals surface area contributed by atoms with Crippen LogP contribution < -0.4 is 5.43 Å². The monoisotopic (exact) mass is 417 g/mol. The average Bonchev–Trinajstić information content (AvgIpc) is 3.19. The van der Waals surface area contributed by atoms with Gasteiger partial charge >= 0.3 is 0 Å². The Labute approximate surface area is 174 Å². The molecule has 1 amide bonds. The summed E-state index contributed by atoms with van der Waals surface area (Å²) >= 11 is 0. The van der Waals surface area contributed by atoms with Crippen LogP contribution in [0.25, 0.3) is 10.9 Å². The van der Waals surface area contributed by atoms with Crippen LogP contribution in [-0.4, -0.2) is 24.0 Å². The molecule has 7 heteroatoms. The molecular weight excluding hydrogens is 398 g/mol. The zero-order chi connectivity index (χ0) is 21.1. The van der Waals surface area contributed by atoms with Crippen LogP contribution in [-0.2, 0) is 10.0 Å². The highest BCUT2D eigenvalue weighted by molar-refractivity contribution is 7.90. The topological polar surface area (TPSA) is 80.5 Å². The largest absolute Gasteiger partial charge is 0.271 e. The molecule has 4 rings (SSSR count). The van der Waals surface area contributed by atoms with Gasteiger partial charge in [-0.3, -0.25) is 4.79 Å². The molecule has 4 aromatic rings. The Morgan fingerprint density at radius 1 is 0.867 bits per heavy atom. The second kappa shape index (κ2) is 7.96. The lowest BCUT2D eigenvalue weighted by molar-refractivity contribution is 0.0955. The molecule has 0 saturated carbocycles. The minimum Gasteiger partial charge on any atom is -0.267 e. The highest BCUT2D eigenvalue weighted by Gasteiger charge is 2.21. The van der Waals surface area contributed by atoms with Crippen molar-refractivity contribution in [3.8, 4) is 0 Å². The fraction of sp³-hybridized carbons (Fsp3) is 0.0435. The third-order valence-corrected chi connectivity index (χ3v) is 6.42. The first-order valence-electron chi connectivity index (χ1n) is 9.29. The molecule has 0 fully saturated rings. The average molecular weight is 417 g/mol. The maximum absolute atomic E-state index is 13.2. The first-order valence-corrected chi connectivity index (χ1v) is 10.7. The Morgan fingerprint density at radius 3 is 2.17 bits per heavy atom. The SMILES string of the molecule is C/C(=N\NC(=O)c1ccccc1)c1cn(S(=O)(=O)c2ccccc2)c2ccccc12. The minimum absolute atomic E-state index is 0.198. The van der Waals surface area contributed by atoms with Crippen molar-refractivity contribution in [2.75, 3.05) is 0 Å². The number of aromatic nitrogens is 1. The standard InChI is InChI=1S/C23H19N3O3S/c1-17(24-25-23(27)18-10-4-2-5-11-18)21-16-26(22-15-9-8-14-20(21)22)30(28,29)19-12-6-3-7-13-19/h2-16H,1H3,(H,25,27)/b24-17+. The Kier molecular flexibility index (Phi) is 5.20. The van der Waals surface area contributed by atoms with Gasteiger partial charge in [0.1, 0.15) is 0 Å². The molecule has 1 aromatic heterocycles. The minimum atomic E-state index is -3.78. The van der Waals surface area contributed by atoms with Crippen molar-refractivity contribution in [2.24, 2.45) is 5.10 Å². The second-order valence-electron chi connectivity index (χ2n) is 6.68. The molecule has 1 heterocycles. The molecule has 0 bridgehead atoms. The van der Waals surface area contributed by atoms with Crippen molar-refractivity contribution >= 4 is 32.5 Å². The van der Waals surface area contributed by atoms with Gasteiger partial charge in [0.15, 0.2) is 0 Å². The normalized spacial score (nSPS) is 12.1. The lowest BCUT2D eigenvalue weighted by atomic mass is 10.1. The van der Waals surface area contributed by atoms with E-state index >= 15 is 0 Å². The van der Waals surface area contributed by atoms with Crippen molar-refractivity contribution in [3.63, 3.8) is 0 Å². The molecule has 0 radical (unpaired) electrons. The summed E-state index contributed by atoms with van der Waals surface area (Å²) in [5, 5.41) is 4.93. The van der Waals surface area contributed by atoms with Gasteiger partial charge in [-0.2, -0.15) is 5.10 Å². The summed E-state index contributed by atoms with van der Waals surface area (Å²) in [5.74, 6) is -0.337. The summed E-state index contributed by atoms with van der Waals surface area (Å²) in [6.45, 7) is 1.73. The molecule has 3 aromatic carbocycles. The quantitative estimate of drug-likeness (QED) is 0.393. The fourth-order valence-corrected chi connectivity index (χ4v) is 4.58. The zero-order valence-corrected chi connectivity index (χ0v) is 17.0. The molecule has 150 valence electrons. The molecule has 0 atom stereocenters. The Balaban J connectivity index is 1.75. The molecule has 0 aliphatic rings. The van der Waals surface area contributed by atoms with E-state index in [4.69, 9.17) is 0 Å². The van der Waals surface area contributed by atoms with Crippen LogP contribution in [0.15, 0.2) is 101 Å². The number of nitrogens with one attached hydrogen (secondary N) is 1. The van der Waals surface area contributed by atoms with Crippen LogP contribution in [0.2, 0.25) is 0 Å². The number of hydrogen-bond donors (Lipinski definition) is 1. The number of carbonyl (C=O) groups is 1. The molecule has 0 aliphatic carbocycles. The first kappa shape index (κ1) is 19.6. The molecule has 0 unspecified atom stereocenters. The first-order chi connectivity index (χ1) is 14.5. The van der Waals surface area contributed by atoms with Crippen LogP contribution in [0.3, 0.4) is 0 Å². The van der Waals surface area contributed by atoms with E-state index in [1.54, 1.807) is 79.9 Å². The van der Waals surface area contributed by atoms with Crippen molar-refractivity contribution in [1.29, 1.82) is 0 Å². The molecule has 6 nitrogen and oxygen atoms in total. The van der Waals surface area contributed by atoms with Crippen LogP contribution in [0, 0.1) is 0 Å². The maximum atomic E-state index is 13.2. The highest BCUT2D eigenvalue weighted by atomic mass is 32.2. The van der Waals surface area contributed by atoms with Crippen LogP contribution in [0.5, 0.6) is 0 Å². The van der Waals surface area contributed by atoms with E-state index < -0.39 is 10.0 Å². The number of rotatable bonds is 5. The summed E-state index contributed by atoms with van der Waals surface area (Å²) in [7, 11) is -3.78. The van der Waals surface area contributed by atoms with Gasteiger partial charge in [-0.05, 0) is 37.3 Å². The number of amides is 1. The lowest BCUT2D eigenvalue weighted by Crippen LogP contribution is -2.19. The van der Waals surface area contributed by atoms with Gasteiger partial charge in [0.25, 0.3) is 15.9 Å². The summed E-state index contributed by atoms with van der Waals surface area (Å²) in [4.78, 5) is 12.5. The lowest BCUT2D eigenvalue weighted by Gasteiger charge is -2.07. The number of hydrazone groups is 1. The van der Waals surface area contributed by atoms with Crippen LogP contribution in [0.1, 0.15) is 22.8 Å². The van der Waals surface area contributed by atoms with Crippen LogP contribution in [0.4, 0.5) is 0 Å².